The highest BCUT2D eigenvalue weighted by Gasteiger charge is 2.48. The van der Waals surface area contributed by atoms with Gasteiger partial charge in [0, 0.05) is 10.0 Å². The Labute approximate surface area is 132 Å². The number of methoxy groups -OCH3 is 1. The molecule has 0 aromatic heterocycles. The number of hydrogen-bond donors (Lipinski definition) is 1. The van der Waals surface area contributed by atoms with E-state index in [-0.39, 0.29) is 6.10 Å². The van der Waals surface area contributed by atoms with Gasteiger partial charge in [-0.1, -0.05) is 22.4 Å². The molecule has 21 heavy (non-hydrogen) atoms. The van der Waals surface area contributed by atoms with Crippen molar-refractivity contribution in [3.05, 3.63) is 22.2 Å². The maximum Gasteiger partial charge on any atom is 0.314 e. The van der Waals surface area contributed by atoms with E-state index in [9.17, 15) is 9.90 Å². The molecular weight excluding hydrogens is 336 g/mol. The minimum Gasteiger partial charge on any atom is -0.493 e. The van der Waals surface area contributed by atoms with Crippen LogP contribution in [0.4, 0.5) is 0 Å². The lowest BCUT2D eigenvalue weighted by Gasteiger charge is -2.40. The summed E-state index contributed by atoms with van der Waals surface area (Å²) in [4.78, 5) is 11.8. The second-order valence-corrected chi connectivity index (χ2v) is 6.81. The van der Waals surface area contributed by atoms with E-state index in [1.165, 1.54) is 6.42 Å². The van der Waals surface area contributed by atoms with Gasteiger partial charge >= 0.3 is 5.97 Å². The Morgan fingerprint density at radius 3 is 2.48 bits per heavy atom. The van der Waals surface area contributed by atoms with E-state index in [1.54, 1.807) is 7.11 Å². The van der Waals surface area contributed by atoms with Crippen molar-refractivity contribution in [3.8, 4) is 11.5 Å². The Balaban J connectivity index is 2.08. The molecule has 0 radical (unpaired) electrons. The van der Waals surface area contributed by atoms with Gasteiger partial charge in [-0.2, -0.15) is 0 Å². The minimum absolute atomic E-state index is 0.185. The highest BCUT2D eigenvalue weighted by Crippen LogP contribution is 2.51. The molecule has 4 nitrogen and oxygen atoms in total. The van der Waals surface area contributed by atoms with Crippen LogP contribution in [0.5, 0.6) is 11.5 Å². The molecule has 114 valence electrons. The predicted octanol–water partition coefficient (Wildman–Crippen LogP) is 3.90. The van der Waals surface area contributed by atoms with E-state index in [4.69, 9.17) is 9.47 Å². The third kappa shape index (κ3) is 2.41. The van der Waals surface area contributed by atoms with Gasteiger partial charge in [-0.05, 0) is 44.2 Å². The number of ether oxygens (including phenoxy) is 2. The lowest BCUT2D eigenvalue weighted by Crippen LogP contribution is -2.43. The van der Waals surface area contributed by atoms with Crippen LogP contribution in [-0.2, 0) is 10.2 Å². The van der Waals surface area contributed by atoms with Gasteiger partial charge in [0.25, 0.3) is 0 Å². The second kappa shape index (κ2) is 5.52. The van der Waals surface area contributed by atoms with Gasteiger partial charge in [-0.25, -0.2) is 0 Å². The van der Waals surface area contributed by atoms with Gasteiger partial charge in [0.2, 0.25) is 0 Å². The van der Waals surface area contributed by atoms with E-state index >= 15 is 0 Å². The smallest absolute Gasteiger partial charge is 0.314 e. The zero-order valence-corrected chi connectivity index (χ0v) is 13.6. The summed E-state index contributed by atoms with van der Waals surface area (Å²) in [6.45, 7) is 0. The Bertz CT molecular complexity index is 562. The van der Waals surface area contributed by atoms with Gasteiger partial charge < -0.3 is 14.6 Å². The monoisotopic (exact) mass is 354 g/mol. The van der Waals surface area contributed by atoms with Crippen LogP contribution in [0.1, 0.15) is 44.1 Å². The van der Waals surface area contributed by atoms with Crippen LogP contribution < -0.4 is 9.47 Å². The highest BCUT2D eigenvalue weighted by molar-refractivity contribution is 9.10. The summed E-state index contributed by atoms with van der Waals surface area (Å²) in [6, 6.07) is 3.72. The fraction of sp³-hybridized carbons (Fsp3) is 0.562. The van der Waals surface area contributed by atoms with Gasteiger partial charge in [0.1, 0.15) is 0 Å². The van der Waals surface area contributed by atoms with Crippen molar-refractivity contribution in [2.45, 2.75) is 50.0 Å². The van der Waals surface area contributed by atoms with E-state index in [1.807, 2.05) is 12.1 Å². The third-order valence-corrected chi connectivity index (χ3v) is 5.17. The summed E-state index contributed by atoms with van der Waals surface area (Å²) < 4.78 is 12.3. The molecule has 3 rings (SSSR count). The number of carbonyl (C=O) groups is 1. The molecule has 0 heterocycles. The number of carboxylic acid groups (broad SMARTS) is 1. The van der Waals surface area contributed by atoms with Crippen LogP contribution >= 0.6 is 15.9 Å². The highest BCUT2D eigenvalue weighted by atomic mass is 79.9. The van der Waals surface area contributed by atoms with Gasteiger partial charge in [-0.3, -0.25) is 4.79 Å². The third-order valence-electron chi connectivity index (χ3n) is 4.71. The Kier molecular flexibility index (Phi) is 3.86. The summed E-state index contributed by atoms with van der Waals surface area (Å²) in [5.74, 6) is 0.457. The van der Waals surface area contributed by atoms with Crippen molar-refractivity contribution in [3.63, 3.8) is 0 Å². The summed E-state index contributed by atoms with van der Waals surface area (Å²) >= 11 is 3.45. The number of hydrogen-bond acceptors (Lipinski definition) is 3. The largest absolute Gasteiger partial charge is 0.493 e. The molecule has 0 amide bonds. The first-order valence-electron chi connectivity index (χ1n) is 7.35. The molecule has 0 bridgehead atoms. The zero-order valence-electron chi connectivity index (χ0n) is 12.0. The van der Waals surface area contributed by atoms with E-state index in [0.717, 1.165) is 29.3 Å². The maximum absolute atomic E-state index is 11.8. The standard InChI is InChI=1S/C16H19BrO4/c1-20-13-9-10(17)8-12(14(13)21-11-4-2-5-11)16(15(18)19)6-3-7-16/h8-9,11H,2-7H2,1H3,(H,18,19). The fourth-order valence-electron chi connectivity index (χ4n) is 2.98. The molecule has 2 fully saturated rings. The van der Waals surface area contributed by atoms with Crippen LogP contribution in [0, 0.1) is 0 Å². The molecule has 2 aliphatic rings. The number of carboxylic acids is 1. The van der Waals surface area contributed by atoms with Crippen LogP contribution in [0.2, 0.25) is 0 Å². The number of halogens is 1. The van der Waals surface area contributed by atoms with Crippen molar-refractivity contribution < 1.29 is 19.4 Å². The van der Waals surface area contributed by atoms with Crippen molar-refractivity contribution >= 4 is 21.9 Å². The Morgan fingerprint density at radius 1 is 1.33 bits per heavy atom. The van der Waals surface area contributed by atoms with Crippen LogP contribution in [0.25, 0.3) is 0 Å². The molecule has 0 saturated heterocycles. The SMILES string of the molecule is COc1cc(Br)cc(C2(C(=O)O)CCC2)c1OC1CCC1. The first kappa shape index (κ1) is 14.7. The summed E-state index contributed by atoms with van der Waals surface area (Å²) in [5.41, 5.74) is -0.0739. The summed E-state index contributed by atoms with van der Waals surface area (Å²) in [7, 11) is 1.59. The zero-order chi connectivity index (χ0) is 15.0. The Morgan fingerprint density at radius 2 is 2.05 bits per heavy atom. The average molecular weight is 355 g/mol. The average Bonchev–Trinajstić information content (AvgIpc) is 2.32. The van der Waals surface area contributed by atoms with E-state index < -0.39 is 11.4 Å². The molecule has 1 aromatic carbocycles. The topological polar surface area (TPSA) is 55.8 Å². The minimum atomic E-state index is -0.823. The molecule has 0 atom stereocenters. The lowest BCUT2D eigenvalue weighted by molar-refractivity contribution is -0.147. The molecular formula is C16H19BrO4. The predicted molar refractivity (Wildman–Crippen MR) is 82.1 cm³/mol. The van der Waals surface area contributed by atoms with Gasteiger partial charge in [-0.15, -0.1) is 0 Å². The molecule has 2 saturated carbocycles. The Hall–Kier alpha value is -1.23. The first-order chi connectivity index (χ1) is 10.1. The number of benzene rings is 1. The van der Waals surface area contributed by atoms with Crippen LogP contribution in [0.3, 0.4) is 0 Å². The second-order valence-electron chi connectivity index (χ2n) is 5.90. The van der Waals surface area contributed by atoms with E-state index in [2.05, 4.69) is 15.9 Å². The first-order valence-corrected chi connectivity index (χ1v) is 8.14. The molecule has 0 spiro atoms. The molecule has 0 aliphatic heterocycles. The lowest BCUT2D eigenvalue weighted by atomic mass is 9.64. The van der Waals surface area contributed by atoms with Crippen molar-refractivity contribution in [1.29, 1.82) is 0 Å². The van der Waals surface area contributed by atoms with Crippen molar-refractivity contribution in [1.82, 2.24) is 0 Å². The van der Waals surface area contributed by atoms with Crippen LogP contribution in [0.15, 0.2) is 16.6 Å². The quantitative estimate of drug-likeness (QED) is 0.871. The van der Waals surface area contributed by atoms with Crippen molar-refractivity contribution in [2.24, 2.45) is 0 Å². The van der Waals surface area contributed by atoms with Crippen molar-refractivity contribution in [2.75, 3.05) is 7.11 Å². The normalized spacial score (nSPS) is 20.3. The summed E-state index contributed by atoms with van der Waals surface area (Å²) in [5, 5.41) is 9.71. The summed E-state index contributed by atoms with van der Waals surface area (Å²) in [6.07, 6.45) is 5.65. The van der Waals surface area contributed by atoms with E-state index in [0.29, 0.717) is 24.3 Å². The van der Waals surface area contributed by atoms with Gasteiger partial charge in [0.05, 0.1) is 18.6 Å². The molecule has 1 aromatic rings. The number of aliphatic carboxylic acids is 1. The number of rotatable bonds is 5. The maximum atomic E-state index is 11.8. The van der Waals surface area contributed by atoms with Crippen LogP contribution in [-0.4, -0.2) is 24.3 Å². The van der Waals surface area contributed by atoms with Gasteiger partial charge in [0.15, 0.2) is 11.5 Å². The molecule has 0 unspecified atom stereocenters. The fourth-order valence-corrected chi connectivity index (χ4v) is 3.42. The molecule has 2 aliphatic carbocycles. The molecule has 5 heteroatoms. The molecule has 1 N–H and O–H groups in total.